The Bertz CT molecular complexity index is 1210. The summed E-state index contributed by atoms with van der Waals surface area (Å²) < 4.78 is 5.55. The number of hydrogen-bond acceptors (Lipinski definition) is 5. The van der Waals surface area contributed by atoms with E-state index in [1.807, 2.05) is 26.0 Å². The normalized spacial score (nSPS) is 15.2. The van der Waals surface area contributed by atoms with Crippen LogP contribution in [-0.4, -0.2) is 52.1 Å². The quantitative estimate of drug-likeness (QED) is 0.212. The van der Waals surface area contributed by atoms with E-state index in [9.17, 15) is 19.5 Å². The second-order valence-corrected chi connectivity index (χ2v) is 13.3. The maximum atomic E-state index is 14.7. The van der Waals surface area contributed by atoms with E-state index >= 15 is 0 Å². The van der Waals surface area contributed by atoms with Crippen molar-refractivity contribution in [3.63, 3.8) is 0 Å². The molecule has 0 bridgehead atoms. The molecule has 8 nitrogen and oxygen atoms in total. The molecule has 0 aliphatic heterocycles. The summed E-state index contributed by atoms with van der Waals surface area (Å²) in [7, 11) is 0. The molecule has 44 heavy (non-hydrogen) atoms. The van der Waals surface area contributed by atoms with Gasteiger partial charge in [0.2, 0.25) is 11.8 Å². The highest BCUT2D eigenvalue weighted by atomic mass is 16.6. The standard InChI is InChI=1S/C36H53N3O5/c1-7-8-9-13-20-39(32(28-22-25(2)21-26(3)23-28)33(41)37-29-14-11-10-12-15-29)34(42)31(38-35(43)44-36(4,5)6)24-27-16-18-30(40)19-17-27/h16-19,21-23,29,31-32,40H,7-15,20,24H2,1-6H3,(H,37,41)(H,38,43). The van der Waals surface area contributed by atoms with Crippen molar-refractivity contribution >= 4 is 17.9 Å². The number of carbonyl (C=O) groups is 3. The second kappa shape index (κ2) is 16.5. The second-order valence-electron chi connectivity index (χ2n) is 13.3. The number of rotatable bonds is 13. The summed E-state index contributed by atoms with van der Waals surface area (Å²) >= 11 is 0. The van der Waals surface area contributed by atoms with Crippen LogP contribution >= 0.6 is 0 Å². The molecule has 0 heterocycles. The van der Waals surface area contributed by atoms with Crippen LogP contribution in [0.2, 0.25) is 0 Å². The van der Waals surface area contributed by atoms with Crippen LogP contribution in [-0.2, 0) is 20.7 Å². The number of nitrogens with one attached hydrogen (secondary N) is 2. The molecule has 3 amide bonds. The van der Waals surface area contributed by atoms with Gasteiger partial charge in [0.15, 0.2) is 0 Å². The van der Waals surface area contributed by atoms with Gasteiger partial charge < -0.3 is 25.4 Å². The largest absolute Gasteiger partial charge is 0.508 e. The zero-order valence-electron chi connectivity index (χ0n) is 27.6. The maximum Gasteiger partial charge on any atom is 0.408 e. The fourth-order valence-corrected chi connectivity index (χ4v) is 5.96. The number of ether oxygens (including phenoxy) is 1. The molecule has 1 saturated carbocycles. The van der Waals surface area contributed by atoms with Crippen molar-refractivity contribution in [2.45, 2.75) is 129 Å². The number of hydrogen-bond donors (Lipinski definition) is 3. The minimum atomic E-state index is -0.989. The number of phenolic OH excluding ortho intramolecular Hbond substituents is 1. The first-order chi connectivity index (χ1) is 20.9. The van der Waals surface area contributed by atoms with Crippen molar-refractivity contribution in [1.82, 2.24) is 15.5 Å². The average Bonchev–Trinajstić information content (AvgIpc) is 2.94. The summed E-state index contributed by atoms with van der Waals surface area (Å²) in [6.07, 6.45) is 8.38. The molecule has 8 heteroatoms. The smallest absolute Gasteiger partial charge is 0.408 e. The molecular formula is C36H53N3O5. The molecule has 0 spiro atoms. The summed E-state index contributed by atoms with van der Waals surface area (Å²) in [6, 6.07) is 10.8. The molecule has 1 aliphatic carbocycles. The molecule has 2 aromatic rings. The molecule has 1 aliphatic rings. The number of aryl methyl sites for hydroxylation is 2. The van der Waals surface area contributed by atoms with Gasteiger partial charge >= 0.3 is 6.09 Å². The molecule has 0 radical (unpaired) electrons. The first kappa shape index (κ1) is 34.9. The molecule has 0 saturated heterocycles. The van der Waals surface area contributed by atoms with Gasteiger partial charge in [-0.25, -0.2) is 4.79 Å². The highest BCUT2D eigenvalue weighted by molar-refractivity contribution is 5.92. The Labute approximate surface area is 263 Å². The Hall–Kier alpha value is -3.55. The summed E-state index contributed by atoms with van der Waals surface area (Å²) in [5.41, 5.74) is 2.80. The fourth-order valence-electron chi connectivity index (χ4n) is 5.96. The third-order valence-corrected chi connectivity index (χ3v) is 7.97. The zero-order chi connectivity index (χ0) is 32.3. The van der Waals surface area contributed by atoms with Crippen LogP contribution in [0.4, 0.5) is 4.79 Å². The maximum absolute atomic E-state index is 14.7. The van der Waals surface area contributed by atoms with Gasteiger partial charge in [0.05, 0.1) is 0 Å². The van der Waals surface area contributed by atoms with E-state index < -0.39 is 23.8 Å². The van der Waals surface area contributed by atoms with Crippen molar-refractivity contribution in [3.8, 4) is 5.75 Å². The first-order valence-electron chi connectivity index (χ1n) is 16.3. The van der Waals surface area contributed by atoms with Gasteiger partial charge in [-0.1, -0.05) is 86.9 Å². The van der Waals surface area contributed by atoms with Crippen LogP contribution in [0.25, 0.3) is 0 Å². The third kappa shape index (κ3) is 11.2. The highest BCUT2D eigenvalue weighted by Crippen LogP contribution is 2.28. The number of aromatic hydroxyl groups is 1. The fraction of sp³-hybridized carbons (Fsp3) is 0.583. The highest BCUT2D eigenvalue weighted by Gasteiger charge is 2.37. The van der Waals surface area contributed by atoms with Crippen LogP contribution < -0.4 is 10.6 Å². The van der Waals surface area contributed by atoms with Crippen molar-refractivity contribution in [2.75, 3.05) is 6.54 Å². The lowest BCUT2D eigenvalue weighted by Gasteiger charge is -2.36. The lowest BCUT2D eigenvalue weighted by molar-refractivity contribution is -0.143. The van der Waals surface area contributed by atoms with Gasteiger partial charge in [0, 0.05) is 19.0 Å². The summed E-state index contributed by atoms with van der Waals surface area (Å²) in [6.45, 7) is 11.8. The Kier molecular flexibility index (Phi) is 13.1. The number of phenols is 1. The van der Waals surface area contributed by atoms with Gasteiger partial charge in [0.1, 0.15) is 23.4 Å². The zero-order valence-corrected chi connectivity index (χ0v) is 27.6. The van der Waals surface area contributed by atoms with Gasteiger partial charge in [0.25, 0.3) is 0 Å². The topological polar surface area (TPSA) is 108 Å². The van der Waals surface area contributed by atoms with Crippen LogP contribution in [0.5, 0.6) is 5.75 Å². The van der Waals surface area contributed by atoms with Crippen LogP contribution in [0.15, 0.2) is 42.5 Å². The van der Waals surface area contributed by atoms with Crippen molar-refractivity contribution in [2.24, 2.45) is 0 Å². The summed E-state index contributed by atoms with van der Waals surface area (Å²) in [5.74, 6) is -0.418. The molecule has 2 atom stereocenters. The van der Waals surface area contributed by atoms with Gasteiger partial charge in [-0.3, -0.25) is 9.59 Å². The Morgan fingerprint density at radius 2 is 1.59 bits per heavy atom. The minimum Gasteiger partial charge on any atom is -0.508 e. The van der Waals surface area contributed by atoms with Crippen molar-refractivity contribution < 1.29 is 24.2 Å². The lowest BCUT2D eigenvalue weighted by Crippen LogP contribution is -2.54. The Balaban J connectivity index is 2.05. The third-order valence-electron chi connectivity index (χ3n) is 7.97. The molecule has 0 aromatic heterocycles. The minimum absolute atomic E-state index is 0.0781. The van der Waals surface area contributed by atoms with E-state index in [1.54, 1.807) is 49.9 Å². The number of amides is 3. The number of alkyl carbamates (subject to hydrolysis) is 1. The van der Waals surface area contributed by atoms with E-state index in [2.05, 4.69) is 23.6 Å². The van der Waals surface area contributed by atoms with E-state index in [4.69, 9.17) is 4.74 Å². The summed E-state index contributed by atoms with van der Waals surface area (Å²) in [4.78, 5) is 43.7. The average molecular weight is 608 g/mol. The number of unbranched alkanes of at least 4 members (excludes halogenated alkanes) is 3. The number of nitrogens with zero attached hydrogens (tertiary/aromatic N) is 1. The molecule has 3 N–H and O–H groups in total. The molecule has 2 unspecified atom stereocenters. The molecule has 2 aromatic carbocycles. The van der Waals surface area contributed by atoms with E-state index in [0.717, 1.165) is 73.6 Å². The van der Waals surface area contributed by atoms with Gasteiger partial charge in [-0.15, -0.1) is 0 Å². The molecule has 242 valence electrons. The van der Waals surface area contributed by atoms with Crippen LogP contribution in [0.1, 0.15) is 114 Å². The predicted octanol–water partition coefficient (Wildman–Crippen LogP) is 7.04. The van der Waals surface area contributed by atoms with Crippen LogP contribution in [0, 0.1) is 13.8 Å². The van der Waals surface area contributed by atoms with Crippen LogP contribution in [0.3, 0.4) is 0 Å². The SMILES string of the molecule is CCCCCCN(C(=O)C(Cc1ccc(O)cc1)NC(=O)OC(C)(C)C)C(C(=O)NC1CCCCC1)c1cc(C)cc(C)c1. The lowest BCUT2D eigenvalue weighted by atomic mass is 9.93. The Morgan fingerprint density at radius 1 is 0.955 bits per heavy atom. The van der Waals surface area contributed by atoms with E-state index in [0.29, 0.717) is 6.54 Å². The molecular weight excluding hydrogens is 554 g/mol. The molecule has 1 fully saturated rings. The number of benzene rings is 2. The first-order valence-corrected chi connectivity index (χ1v) is 16.3. The molecule has 3 rings (SSSR count). The van der Waals surface area contributed by atoms with E-state index in [-0.39, 0.29) is 30.0 Å². The summed E-state index contributed by atoms with van der Waals surface area (Å²) in [5, 5.41) is 15.9. The van der Waals surface area contributed by atoms with Crippen molar-refractivity contribution in [3.05, 3.63) is 64.7 Å². The van der Waals surface area contributed by atoms with E-state index in [1.165, 1.54) is 6.42 Å². The van der Waals surface area contributed by atoms with Crippen molar-refractivity contribution in [1.29, 1.82) is 0 Å². The number of carbonyl (C=O) groups excluding carboxylic acids is 3. The van der Waals surface area contributed by atoms with Gasteiger partial charge in [-0.2, -0.15) is 0 Å². The Morgan fingerprint density at radius 3 is 2.18 bits per heavy atom. The monoisotopic (exact) mass is 607 g/mol. The van der Waals surface area contributed by atoms with Gasteiger partial charge in [-0.05, 0) is 77.1 Å². The predicted molar refractivity (Wildman–Crippen MR) is 174 cm³/mol.